The minimum Gasteiger partial charge on any atom is -0.488 e. The van der Waals surface area contributed by atoms with Crippen molar-refractivity contribution < 1.29 is 4.74 Å². The fourth-order valence-electron chi connectivity index (χ4n) is 2.81. The molecule has 110 valence electrons. The lowest BCUT2D eigenvalue weighted by atomic mass is 10.1. The minimum absolute atomic E-state index is 0.218. The van der Waals surface area contributed by atoms with E-state index in [9.17, 15) is 0 Å². The fraction of sp³-hybridized carbons (Fsp3) is 0.333. The Morgan fingerprint density at radius 3 is 2.90 bits per heavy atom. The number of hydrogen-bond donors (Lipinski definition) is 1. The largest absolute Gasteiger partial charge is 0.488 e. The molecule has 1 N–H and O–H groups in total. The molecule has 1 heterocycles. The lowest BCUT2D eigenvalue weighted by Gasteiger charge is -2.15. The first-order chi connectivity index (χ1) is 10.2. The average Bonchev–Trinajstić information content (AvgIpc) is 2.87. The van der Waals surface area contributed by atoms with Gasteiger partial charge in [0.05, 0.1) is 6.54 Å². The quantitative estimate of drug-likeness (QED) is 0.864. The highest BCUT2D eigenvalue weighted by molar-refractivity contribution is 9.10. The number of anilines is 1. The van der Waals surface area contributed by atoms with Gasteiger partial charge in [-0.2, -0.15) is 0 Å². The van der Waals surface area contributed by atoms with Gasteiger partial charge in [-0.3, -0.25) is 0 Å². The van der Waals surface area contributed by atoms with E-state index in [1.54, 1.807) is 0 Å². The van der Waals surface area contributed by atoms with Crippen LogP contribution in [-0.4, -0.2) is 12.6 Å². The van der Waals surface area contributed by atoms with E-state index in [-0.39, 0.29) is 6.10 Å². The molecule has 0 amide bonds. The molecule has 1 aliphatic rings. The summed E-state index contributed by atoms with van der Waals surface area (Å²) in [6.07, 6.45) is 2.23. The number of aryl methyl sites for hydroxylation is 2. The minimum atomic E-state index is 0.218. The number of hydrogen-bond acceptors (Lipinski definition) is 2. The Hall–Kier alpha value is -1.48. The Labute approximate surface area is 134 Å². The second-order valence-electron chi connectivity index (χ2n) is 5.59. The highest BCUT2D eigenvalue weighted by Crippen LogP contribution is 2.30. The van der Waals surface area contributed by atoms with Gasteiger partial charge in [0.1, 0.15) is 11.9 Å². The molecule has 3 heteroatoms. The van der Waals surface area contributed by atoms with E-state index in [1.165, 1.54) is 22.4 Å². The molecule has 1 atom stereocenters. The first kappa shape index (κ1) is 14.5. The van der Waals surface area contributed by atoms with Crippen LogP contribution < -0.4 is 10.1 Å². The van der Waals surface area contributed by atoms with E-state index in [2.05, 4.69) is 71.5 Å². The Morgan fingerprint density at radius 2 is 2.10 bits per heavy atom. The number of nitrogens with one attached hydrogen (secondary N) is 1. The second-order valence-corrected chi connectivity index (χ2v) is 6.51. The predicted octanol–water partition coefficient (Wildman–Crippen LogP) is 4.74. The summed E-state index contributed by atoms with van der Waals surface area (Å²) in [5.74, 6) is 1.04. The molecule has 0 fully saturated rings. The zero-order chi connectivity index (χ0) is 14.8. The van der Waals surface area contributed by atoms with E-state index in [0.29, 0.717) is 0 Å². The highest BCUT2D eigenvalue weighted by atomic mass is 79.9. The van der Waals surface area contributed by atoms with Gasteiger partial charge in [0.25, 0.3) is 0 Å². The van der Waals surface area contributed by atoms with Crippen LogP contribution in [0.4, 0.5) is 5.69 Å². The van der Waals surface area contributed by atoms with Crippen LogP contribution in [0.3, 0.4) is 0 Å². The number of rotatable bonds is 4. The van der Waals surface area contributed by atoms with Gasteiger partial charge in [-0.25, -0.2) is 0 Å². The molecule has 2 nitrogen and oxygen atoms in total. The highest BCUT2D eigenvalue weighted by Gasteiger charge is 2.22. The van der Waals surface area contributed by atoms with Gasteiger partial charge in [-0.15, -0.1) is 0 Å². The van der Waals surface area contributed by atoms with Crippen LogP contribution in [0.2, 0.25) is 0 Å². The summed E-state index contributed by atoms with van der Waals surface area (Å²) in [6.45, 7) is 5.14. The monoisotopic (exact) mass is 345 g/mol. The van der Waals surface area contributed by atoms with Crippen LogP contribution >= 0.6 is 15.9 Å². The molecule has 0 aromatic heterocycles. The van der Waals surface area contributed by atoms with E-state index in [0.717, 1.165) is 29.6 Å². The van der Waals surface area contributed by atoms with Crippen molar-refractivity contribution in [1.82, 2.24) is 0 Å². The Kier molecular flexibility index (Phi) is 4.20. The van der Waals surface area contributed by atoms with Crippen molar-refractivity contribution in [3.05, 3.63) is 57.6 Å². The second kappa shape index (κ2) is 6.10. The van der Waals surface area contributed by atoms with Gasteiger partial charge in [0, 0.05) is 16.6 Å². The van der Waals surface area contributed by atoms with Crippen molar-refractivity contribution in [1.29, 1.82) is 0 Å². The zero-order valence-electron chi connectivity index (χ0n) is 12.4. The van der Waals surface area contributed by atoms with Gasteiger partial charge < -0.3 is 10.1 Å². The van der Waals surface area contributed by atoms with Gasteiger partial charge in [-0.05, 0) is 48.7 Å². The van der Waals surface area contributed by atoms with Gasteiger partial charge >= 0.3 is 0 Å². The molecule has 0 bridgehead atoms. The molecule has 21 heavy (non-hydrogen) atoms. The van der Waals surface area contributed by atoms with Crippen LogP contribution in [0.15, 0.2) is 40.9 Å². The maximum Gasteiger partial charge on any atom is 0.123 e. The number of benzene rings is 2. The van der Waals surface area contributed by atoms with Crippen molar-refractivity contribution in [3.63, 3.8) is 0 Å². The van der Waals surface area contributed by atoms with Crippen molar-refractivity contribution in [2.24, 2.45) is 0 Å². The molecular weight excluding hydrogens is 326 g/mol. The summed E-state index contributed by atoms with van der Waals surface area (Å²) < 4.78 is 7.14. The average molecular weight is 346 g/mol. The van der Waals surface area contributed by atoms with Crippen LogP contribution in [-0.2, 0) is 12.8 Å². The van der Waals surface area contributed by atoms with E-state index in [1.807, 2.05) is 0 Å². The number of halogens is 1. The van der Waals surface area contributed by atoms with Crippen LogP contribution in [0.25, 0.3) is 0 Å². The van der Waals surface area contributed by atoms with Crippen molar-refractivity contribution in [2.45, 2.75) is 32.8 Å². The Bertz CT molecular complexity index is 654. The summed E-state index contributed by atoms with van der Waals surface area (Å²) in [5, 5.41) is 3.54. The molecule has 1 aliphatic heterocycles. The topological polar surface area (TPSA) is 21.3 Å². The van der Waals surface area contributed by atoms with Crippen LogP contribution in [0, 0.1) is 6.92 Å². The summed E-state index contributed by atoms with van der Waals surface area (Å²) in [4.78, 5) is 0. The van der Waals surface area contributed by atoms with Gasteiger partial charge in [0.15, 0.2) is 0 Å². The van der Waals surface area contributed by atoms with E-state index < -0.39 is 0 Å². The van der Waals surface area contributed by atoms with Crippen LogP contribution in [0.1, 0.15) is 23.6 Å². The first-order valence-corrected chi connectivity index (χ1v) is 8.23. The van der Waals surface area contributed by atoms with Gasteiger partial charge in [0.2, 0.25) is 0 Å². The molecule has 0 saturated carbocycles. The Morgan fingerprint density at radius 1 is 1.24 bits per heavy atom. The van der Waals surface area contributed by atoms with E-state index in [4.69, 9.17) is 4.74 Å². The van der Waals surface area contributed by atoms with Crippen molar-refractivity contribution >= 4 is 21.6 Å². The maximum absolute atomic E-state index is 6.01. The first-order valence-electron chi connectivity index (χ1n) is 7.44. The third kappa shape index (κ3) is 3.24. The predicted molar refractivity (Wildman–Crippen MR) is 91.3 cm³/mol. The van der Waals surface area contributed by atoms with Crippen LogP contribution in [0.5, 0.6) is 5.75 Å². The molecule has 1 unspecified atom stereocenters. The molecule has 2 aromatic rings. The van der Waals surface area contributed by atoms with Gasteiger partial charge in [-0.1, -0.05) is 40.5 Å². The smallest absolute Gasteiger partial charge is 0.123 e. The molecule has 0 aliphatic carbocycles. The molecular formula is C18H20BrNO. The molecule has 0 saturated heterocycles. The molecule has 3 rings (SSSR count). The normalized spacial score (nSPS) is 16.4. The molecule has 0 spiro atoms. The molecule has 0 radical (unpaired) electrons. The van der Waals surface area contributed by atoms with Crippen molar-refractivity contribution in [3.8, 4) is 5.75 Å². The summed E-state index contributed by atoms with van der Waals surface area (Å²) in [6, 6.07) is 12.8. The third-order valence-electron chi connectivity index (χ3n) is 3.93. The third-order valence-corrected chi connectivity index (χ3v) is 4.42. The standard InChI is InChI=1S/C18H20BrNO/c1-3-13-9-15(19)5-6-17(13)20-11-16-10-14-8-12(2)4-7-18(14)21-16/h4-9,16,20H,3,10-11H2,1-2H3. The summed E-state index contributed by atoms with van der Waals surface area (Å²) >= 11 is 3.53. The zero-order valence-corrected chi connectivity index (χ0v) is 14.0. The summed E-state index contributed by atoms with van der Waals surface area (Å²) in [7, 11) is 0. The summed E-state index contributed by atoms with van der Waals surface area (Å²) in [5.41, 5.74) is 5.16. The Balaban J connectivity index is 1.65. The molecule has 2 aromatic carbocycles. The maximum atomic E-state index is 6.01. The SMILES string of the molecule is CCc1cc(Br)ccc1NCC1Cc2cc(C)ccc2O1. The van der Waals surface area contributed by atoms with Crippen molar-refractivity contribution in [2.75, 3.05) is 11.9 Å². The van der Waals surface area contributed by atoms with E-state index >= 15 is 0 Å². The lowest BCUT2D eigenvalue weighted by molar-refractivity contribution is 0.246. The number of ether oxygens (including phenoxy) is 1. The number of fused-ring (bicyclic) bond motifs is 1. The lowest BCUT2D eigenvalue weighted by Crippen LogP contribution is -2.24. The fourth-order valence-corrected chi connectivity index (χ4v) is 3.22.